The average molecular weight is 386 g/mol. The SMILES string of the molecule is COC(=O)C1CC2(CN1)CC(O)c1c(c(C(C)C)nc3ccc(OC)cc13)O2. The van der Waals surface area contributed by atoms with Gasteiger partial charge in [-0.25, -0.2) is 4.98 Å². The van der Waals surface area contributed by atoms with E-state index in [1.807, 2.05) is 18.2 Å². The van der Waals surface area contributed by atoms with Crippen LogP contribution < -0.4 is 14.8 Å². The van der Waals surface area contributed by atoms with Gasteiger partial charge >= 0.3 is 5.97 Å². The highest BCUT2D eigenvalue weighted by atomic mass is 16.5. The molecule has 1 aromatic carbocycles. The van der Waals surface area contributed by atoms with E-state index in [4.69, 9.17) is 19.2 Å². The number of aliphatic hydroxyl groups excluding tert-OH is 1. The van der Waals surface area contributed by atoms with Crippen LogP contribution in [0.5, 0.6) is 11.5 Å². The Kier molecular flexibility index (Phi) is 4.67. The molecule has 2 aromatic rings. The van der Waals surface area contributed by atoms with Gasteiger partial charge in [-0.3, -0.25) is 4.79 Å². The summed E-state index contributed by atoms with van der Waals surface area (Å²) in [7, 11) is 2.99. The van der Waals surface area contributed by atoms with E-state index < -0.39 is 17.7 Å². The van der Waals surface area contributed by atoms with Crippen LogP contribution in [0.25, 0.3) is 10.9 Å². The van der Waals surface area contributed by atoms with Gasteiger partial charge in [0.1, 0.15) is 23.1 Å². The average Bonchev–Trinajstić information content (AvgIpc) is 3.08. The van der Waals surface area contributed by atoms with Gasteiger partial charge in [0.05, 0.1) is 31.5 Å². The van der Waals surface area contributed by atoms with Gasteiger partial charge in [0.15, 0.2) is 0 Å². The van der Waals surface area contributed by atoms with E-state index in [9.17, 15) is 9.90 Å². The number of hydrogen-bond acceptors (Lipinski definition) is 7. The third-order valence-electron chi connectivity index (χ3n) is 5.71. The van der Waals surface area contributed by atoms with E-state index in [-0.39, 0.29) is 11.9 Å². The summed E-state index contributed by atoms with van der Waals surface area (Å²) in [5.74, 6) is 1.14. The first kappa shape index (κ1) is 19.0. The number of aromatic nitrogens is 1. The molecular weight excluding hydrogens is 360 g/mol. The molecule has 0 amide bonds. The van der Waals surface area contributed by atoms with Crippen molar-refractivity contribution in [2.45, 2.75) is 50.4 Å². The summed E-state index contributed by atoms with van der Waals surface area (Å²) in [6.07, 6.45) is 0.120. The van der Waals surface area contributed by atoms with Crippen molar-refractivity contribution in [2.75, 3.05) is 20.8 Å². The number of pyridine rings is 1. The highest BCUT2D eigenvalue weighted by molar-refractivity contribution is 5.87. The number of ether oxygens (including phenoxy) is 3. The Labute approximate surface area is 164 Å². The predicted octanol–water partition coefficient (Wildman–Crippen LogP) is 2.46. The van der Waals surface area contributed by atoms with E-state index in [2.05, 4.69) is 19.2 Å². The summed E-state index contributed by atoms with van der Waals surface area (Å²) >= 11 is 0. The summed E-state index contributed by atoms with van der Waals surface area (Å²) < 4.78 is 16.7. The van der Waals surface area contributed by atoms with Crippen LogP contribution in [0, 0.1) is 0 Å². The quantitative estimate of drug-likeness (QED) is 0.783. The van der Waals surface area contributed by atoms with Crippen molar-refractivity contribution in [3.8, 4) is 11.5 Å². The summed E-state index contributed by atoms with van der Waals surface area (Å²) in [4.78, 5) is 16.8. The third kappa shape index (κ3) is 2.99. The topological polar surface area (TPSA) is 89.9 Å². The van der Waals surface area contributed by atoms with Crippen LogP contribution in [0.3, 0.4) is 0 Å². The molecule has 2 aliphatic rings. The number of hydrogen-bond donors (Lipinski definition) is 2. The Morgan fingerprint density at radius 2 is 2.14 bits per heavy atom. The maximum atomic E-state index is 12.0. The molecule has 150 valence electrons. The van der Waals surface area contributed by atoms with Gasteiger partial charge in [0.2, 0.25) is 0 Å². The molecule has 0 radical (unpaired) electrons. The molecule has 4 rings (SSSR count). The second kappa shape index (κ2) is 6.90. The number of carbonyl (C=O) groups excluding carboxylic acids is 1. The molecule has 3 unspecified atom stereocenters. The number of carbonyl (C=O) groups is 1. The second-order valence-corrected chi connectivity index (χ2v) is 7.94. The van der Waals surface area contributed by atoms with Crippen LogP contribution in [0.2, 0.25) is 0 Å². The lowest BCUT2D eigenvalue weighted by atomic mass is 9.84. The molecule has 28 heavy (non-hydrogen) atoms. The van der Waals surface area contributed by atoms with Crippen molar-refractivity contribution in [3.63, 3.8) is 0 Å². The fourth-order valence-corrected chi connectivity index (χ4v) is 4.31. The van der Waals surface area contributed by atoms with Gasteiger partial charge in [0, 0.05) is 30.3 Å². The van der Waals surface area contributed by atoms with E-state index in [1.54, 1.807) is 7.11 Å². The number of benzene rings is 1. The van der Waals surface area contributed by atoms with Crippen LogP contribution in [0.4, 0.5) is 0 Å². The number of methoxy groups -OCH3 is 2. The zero-order chi connectivity index (χ0) is 20.1. The standard InChI is InChI=1S/C21H26N2O5/c1-11(2)18-19-17(13-7-12(26-3)5-6-14(13)23-18)16(24)9-21(28-19)8-15(22-10-21)20(25)27-4/h5-7,11,15-16,22,24H,8-10H2,1-4H3. The van der Waals surface area contributed by atoms with Crippen molar-refractivity contribution >= 4 is 16.9 Å². The zero-order valence-corrected chi connectivity index (χ0v) is 16.6. The molecule has 3 heterocycles. The van der Waals surface area contributed by atoms with Crippen molar-refractivity contribution in [3.05, 3.63) is 29.5 Å². The van der Waals surface area contributed by atoms with E-state index in [1.165, 1.54) is 7.11 Å². The third-order valence-corrected chi connectivity index (χ3v) is 5.71. The minimum Gasteiger partial charge on any atom is -0.497 e. The van der Waals surface area contributed by atoms with Gasteiger partial charge in [0.25, 0.3) is 0 Å². The van der Waals surface area contributed by atoms with Crippen molar-refractivity contribution in [1.82, 2.24) is 10.3 Å². The first-order chi connectivity index (χ1) is 13.4. The van der Waals surface area contributed by atoms with Crippen molar-refractivity contribution < 1.29 is 24.1 Å². The molecule has 0 bridgehead atoms. The van der Waals surface area contributed by atoms with Crippen LogP contribution in [0.15, 0.2) is 18.2 Å². The molecule has 7 nitrogen and oxygen atoms in total. The Morgan fingerprint density at radius 1 is 1.36 bits per heavy atom. The van der Waals surface area contributed by atoms with Crippen LogP contribution in [-0.2, 0) is 9.53 Å². The van der Waals surface area contributed by atoms with Crippen LogP contribution >= 0.6 is 0 Å². The maximum Gasteiger partial charge on any atom is 0.323 e. The normalized spacial score (nSPS) is 26.4. The number of nitrogens with zero attached hydrogens (tertiary/aromatic N) is 1. The van der Waals surface area contributed by atoms with E-state index in [0.29, 0.717) is 30.9 Å². The minimum absolute atomic E-state index is 0.119. The lowest BCUT2D eigenvalue weighted by molar-refractivity contribution is -0.143. The number of nitrogens with one attached hydrogen (secondary N) is 1. The molecular formula is C21H26N2O5. The predicted molar refractivity (Wildman–Crippen MR) is 104 cm³/mol. The fraction of sp³-hybridized carbons (Fsp3) is 0.524. The van der Waals surface area contributed by atoms with E-state index >= 15 is 0 Å². The number of fused-ring (bicyclic) bond motifs is 3. The monoisotopic (exact) mass is 386 g/mol. The van der Waals surface area contributed by atoms with Crippen molar-refractivity contribution in [2.24, 2.45) is 0 Å². The van der Waals surface area contributed by atoms with Crippen molar-refractivity contribution in [1.29, 1.82) is 0 Å². The Hall–Kier alpha value is -2.38. The molecule has 0 aliphatic carbocycles. The van der Waals surface area contributed by atoms with Crippen LogP contribution in [-0.4, -0.2) is 48.5 Å². The molecule has 1 fully saturated rings. The molecule has 1 saturated heterocycles. The first-order valence-corrected chi connectivity index (χ1v) is 9.57. The summed E-state index contributed by atoms with van der Waals surface area (Å²) in [6, 6.07) is 5.22. The summed E-state index contributed by atoms with van der Waals surface area (Å²) in [5.41, 5.74) is 1.70. The molecule has 0 saturated carbocycles. The highest BCUT2D eigenvalue weighted by Gasteiger charge is 2.49. The number of rotatable bonds is 3. The van der Waals surface area contributed by atoms with Gasteiger partial charge in [-0.2, -0.15) is 0 Å². The second-order valence-electron chi connectivity index (χ2n) is 7.94. The Morgan fingerprint density at radius 3 is 2.82 bits per heavy atom. The molecule has 2 N–H and O–H groups in total. The molecule has 1 aromatic heterocycles. The van der Waals surface area contributed by atoms with Gasteiger partial charge in [-0.05, 0) is 24.1 Å². The first-order valence-electron chi connectivity index (χ1n) is 9.57. The lowest BCUT2D eigenvalue weighted by Crippen LogP contribution is -2.43. The zero-order valence-electron chi connectivity index (χ0n) is 16.6. The Bertz CT molecular complexity index is 929. The van der Waals surface area contributed by atoms with Gasteiger partial charge in [-0.1, -0.05) is 13.8 Å². The summed E-state index contributed by atoms with van der Waals surface area (Å²) in [5, 5.41) is 15.1. The van der Waals surface area contributed by atoms with E-state index in [0.717, 1.165) is 22.2 Å². The minimum atomic E-state index is -0.725. The molecule has 1 spiro atoms. The summed E-state index contributed by atoms with van der Waals surface area (Å²) in [6.45, 7) is 4.58. The van der Waals surface area contributed by atoms with Crippen LogP contribution in [0.1, 0.15) is 50.0 Å². The number of aliphatic hydroxyl groups is 1. The molecule has 2 aliphatic heterocycles. The molecule has 3 atom stereocenters. The number of esters is 1. The fourth-order valence-electron chi connectivity index (χ4n) is 4.31. The highest BCUT2D eigenvalue weighted by Crippen LogP contribution is 2.48. The van der Waals surface area contributed by atoms with Gasteiger partial charge < -0.3 is 24.6 Å². The lowest BCUT2D eigenvalue weighted by Gasteiger charge is -2.39. The smallest absolute Gasteiger partial charge is 0.323 e. The maximum absolute atomic E-state index is 12.0. The Balaban J connectivity index is 1.83. The molecule has 7 heteroatoms. The van der Waals surface area contributed by atoms with Gasteiger partial charge in [-0.15, -0.1) is 0 Å². The largest absolute Gasteiger partial charge is 0.497 e.